The molecule has 0 aliphatic carbocycles. The molecule has 0 amide bonds. The maximum Gasteiger partial charge on any atom is 0.185 e. The number of hydrogen-bond donors (Lipinski definition) is 2. The summed E-state index contributed by atoms with van der Waals surface area (Å²) in [5.41, 5.74) is 5.35. The molecule has 222 valence electrons. The zero-order valence-corrected chi connectivity index (χ0v) is 24.1. The van der Waals surface area contributed by atoms with E-state index in [-0.39, 0.29) is 34.4 Å². The molecule has 0 spiro atoms. The minimum Gasteiger partial charge on any atom is -0.506 e. The monoisotopic (exact) mass is 604 g/mol. The number of aromatic hydroxyl groups is 2. The Morgan fingerprint density at radius 2 is 0.848 bits per heavy atom. The number of carbonyl (C=O) groups excluding carboxylic acids is 2. The molecule has 46 heavy (non-hydrogen) atoms. The summed E-state index contributed by atoms with van der Waals surface area (Å²) in [6.45, 7) is 0. The van der Waals surface area contributed by atoms with E-state index in [1.807, 2.05) is 72.8 Å². The summed E-state index contributed by atoms with van der Waals surface area (Å²) < 4.78 is 0. The molecular formula is C36H24N6O4. The van der Waals surface area contributed by atoms with Crippen molar-refractivity contribution in [3.8, 4) is 22.9 Å². The lowest BCUT2D eigenvalue weighted by Gasteiger charge is -2.06. The number of carbonyl (C=O) groups is 2. The van der Waals surface area contributed by atoms with Gasteiger partial charge in [0.05, 0.1) is 0 Å². The fourth-order valence-electron chi connectivity index (χ4n) is 4.95. The average Bonchev–Trinajstić information content (AvgIpc) is 3.71. The first-order valence-electron chi connectivity index (χ1n) is 14.3. The van der Waals surface area contributed by atoms with Gasteiger partial charge in [-0.15, -0.1) is 30.0 Å². The Balaban J connectivity index is 1.11. The highest BCUT2D eigenvalue weighted by atomic mass is 16.3. The Morgan fingerprint density at radius 3 is 1.22 bits per heavy atom. The molecule has 2 heterocycles. The number of rotatable bonds is 8. The van der Waals surface area contributed by atoms with Crippen molar-refractivity contribution in [2.24, 2.45) is 0 Å². The Kier molecular flexibility index (Phi) is 7.20. The molecule has 5 aromatic carbocycles. The normalized spacial score (nSPS) is 11.7. The molecule has 10 heteroatoms. The highest BCUT2D eigenvalue weighted by Gasteiger charge is 2.14. The van der Waals surface area contributed by atoms with E-state index in [0.29, 0.717) is 33.2 Å². The molecule has 0 bridgehead atoms. The lowest BCUT2D eigenvalue weighted by molar-refractivity contribution is 0.103. The summed E-state index contributed by atoms with van der Waals surface area (Å²) in [7, 11) is 0. The second-order valence-electron chi connectivity index (χ2n) is 10.4. The van der Waals surface area contributed by atoms with Gasteiger partial charge >= 0.3 is 0 Å². The maximum absolute atomic E-state index is 13.2. The van der Waals surface area contributed by atoms with Crippen LogP contribution < -0.4 is 0 Å². The van der Waals surface area contributed by atoms with Crippen LogP contribution in [0.4, 0.5) is 0 Å². The zero-order valence-electron chi connectivity index (χ0n) is 24.1. The van der Waals surface area contributed by atoms with Gasteiger partial charge < -0.3 is 10.2 Å². The lowest BCUT2D eigenvalue weighted by Crippen LogP contribution is -2.02. The lowest BCUT2D eigenvalue weighted by atomic mass is 10.0. The Labute approximate surface area is 261 Å². The number of allylic oxidation sites excluding steroid dienone is 2. The van der Waals surface area contributed by atoms with E-state index in [0.717, 1.165) is 11.1 Å². The van der Waals surface area contributed by atoms with Gasteiger partial charge in [0.15, 0.2) is 11.6 Å². The van der Waals surface area contributed by atoms with Crippen LogP contribution in [0, 0.1) is 0 Å². The predicted molar refractivity (Wildman–Crippen MR) is 174 cm³/mol. The standard InChI is InChI=1S/C36H24N6O4/c43-33(25-15-19-35(45)31(21-25)41-37-27-9-3-4-10-28(27)38-41)17-13-23-7-1-2-8-24(23)14-18-34(44)26-16-20-36(46)32(22-26)42-39-29-11-5-6-12-30(29)40-42/h1-22,45-46H/b17-13+,18-14+. The van der Waals surface area contributed by atoms with E-state index in [1.54, 1.807) is 24.3 Å². The summed E-state index contributed by atoms with van der Waals surface area (Å²) in [6, 6.07) is 31.0. The molecule has 0 saturated heterocycles. The third-order valence-electron chi connectivity index (χ3n) is 7.35. The third kappa shape index (κ3) is 5.53. The first-order chi connectivity index (χ1) is 22.4. The molecule has 10 nitrogen and oxygen atoms in total. The fourth-order valence-corrected chi connectivity index (χ4v) is 4.95. The number of fused-ring (bicyclic) bond motifs is 2. The highest BCUT2D eigenvalue weighted by Crippen LogP contribution is 2.25. The first kappa shape index (κ1) is 28.1. The first-order valence-corrected chi connectivity index (χ1v) is 14.3. The summed E-state index contributed by atoms with van der Waals surface area (Å²) in [5, 5.41) is 38.5. The number of benzene rings is 5. The number of phenols is 2. The van der Waals surface area contributed by atoms with Crippen LogP contribution in [0.5, 0.6) is 11.5 Å². The number of aromatic nitrogens is 6. The number of nitrogens with zero attached hydrogens (tertiary/aromatic N) is 6. The minimum atomic E-state index is -0.288. The smallest absolute Gasteiger partial charge is 0.185 e. The van der Waals surface area contributed by atoms with Crippen LogP contribution >= 0.6 is 0 Å². The quantitative estimate of drug-likeness (QED) is 0.151. The summed E-state index contributed by atoms with van der Waals surface area (Å²) in [4.78, 5) is 28.9. The van der Waals surface area contributed by atoms with Crippen molar-refractivity contribution in [3.05, 3.63) is 144 Å². The third-order valence-corrected chi connectivity index (χ3v) is 7.35. The van der Waals surface area contributed by atoms with E-state index >= 15 is 0 Å². The molecule has 0 radical (unpaired) electrons. The van der Waals surface area contributed by atoms with E-state index in [9.17, 15) is 19.8 Å². The van der Waals surface area contributed by atoms with Gasteiger partial charge in [-0.25, -0.2) is 0 Å². The van der Waals surface area contributed by atoms with Crippen molar-refractivity contribution in [3.63, 3.8) is 0 Å². The van der Waals surface area contributed by atoms with Crippen molar-refractivity contribution in [2.75, 3.05) is 0 Å². The second kappa shape index (κ2) is 11.8. The molecule has 7 rings (SSSR count). The predicted octanol–water partition coefficient (Wildman–Crippen LogP) is 6.36. The Hall–Kier alpha value is -6.68. The van der Waals surface area contributed by atoms with Crippen LogP contribution in [0.1, 0.15) is 31.8 Å². The van der Waals surface area contributed by atoms with Crippen LogP contribution in [-0.2, 0) is 0 Å². The van der Waals surface area contributed by atoms with Gasteiger partial charge in [0.2, 0.25) is 0 Å². The molecule has 0 atom stereocenters. The van der Waals surface area contributed by atoms with Crippen molar-refractivity contribution in [1.29, 1.82) is 0 Å². The van der Waals surface area contributed by atoms with Crippen molar-refractivity contribution in [2.45, 2.75) is 0 Å². The number of phenolic OH excluding ortho intramolecular Hbond substituents is 2. The summed E-state index contributed by atoms with van der Waals surface area (Å²) in [6.07, 6.45) is 6.22. The van der Waals surface area contributed by atoms with Crippen molar-refractivity contribution in [1.82, 2.24) is 30.0 Å². The van der Waals surface area contributed by atoms with Gasteiger partial charge in [-0.1, -0.05) is 60.7 Å². The van der Waals surface area contributed by atoms with Crippen LogP contribution in [0.25, 0.3) is 45.6 Å². The molecule has 0 aliphatic heterocycles. The number of ketones is 2. The second-order valence-corrected chi connectivity index (χ2v) is 10.4. The molecule has 2 N–H and O–H groups in total. The van der Waals surface area contributed by atoms with Crippen LogP contribution in [0.15, 0.2) is 121 Å². The van der Waals surface area contributed by atoms with Crippen LogP contribution in [0.2, 0.25) is 0 Å². The average molecular weight is 605 g/mol. The molecule has 0 unspecified atom stereocenters. The van der Waals surface area contributed by atoms with Gasteiger partial charge in [0.25, 0.3) is 0 Å². The molecule has 2 aromatic heterocycles. The Morgan fingerprint density at radius 1 is 0.500 bits per heavy atom. The van der Waals surface area contributed by atoms with Crippen molar-refractivity contribution >= 4 is 45.8 Å². The summed E-state index contributed by atoms with van der Waals surface area (Å²) in [5.74, 6) is -0.694. The molecular weight excluding hydrogens is 580 g/mol. The van der Waals surface area contributed by atoms with Gasteiger partial charge in [-0.2, -0.15) is 0 Å². The fraction of sp³-hybridized carbons (Fsp3) is 0. The van der Waals surface area contributed by atoms with Gasteiger partial charge in [0.1, 0.15) is 44.9 Å². The molecule has 7 aromatic rings. The van der Waals surface area contributed by atoms with Gasteiger partial charge in [-0.05, 0) is 83.9 Å². The van der Waals surface area contributed by atoms with E-state index in [2.05, 4.69) is 20.4 Å². The Bertz CT molecular complexity index is 2120. The van der Waals surface area contributed by atoms with Crippen LogP contribution in [0.3, 0.4) is 0 Å². The molecule has 0 saturated carbocycles. The van der Waals surface area contributed by atoms with E-state index in [1.165, 1.54) is 46.0 Å². The maximum atomic E-state index is 13.2. The molecule has 0 fully saturated rings. The minimum absolute atomic E-state index is 0.0592. The van der Waals surface area contributed by atoms with Crippen molar-refractivity contribution < 1.29 is 19.8 Å². The SMILES string of the molecule is O=C(/C=C/c1ccccc1/C=C/C(=O)c1ccc(O)c(-n2nc3ccccc3n2)c1)c1ccc(O)c(-n2nc3ccccc3n2)c1. The summed E-state index contributed by atoms with van der Waals surface area (Å²) >= 11 is 0. The van der Waals surface area contributed by atoms with E-state index in [4.69, 9.17) is 0 Å². The number of hydrogen-bond acceptors (Lipinski definition) is 8. The zero-order chi connectivity index (χ0) is 31.6. The van der Waals surface area contributed by atoms with E-state index < -0.39 is 0 Å². The highest BCUT2D eigenvalue weighted by molar-refractivity contribution is 6.08. The van der Waals surface area contributed by atoms with Gasteiger partial charge in [-0.3, -0.25) is 9.59 Å². The van der Waals surface area contributed by atoms with Crippen LogP contribution in [-0.4, -0.2) is 51.8 Å². The van der Waals surface area contributed by atoms with Gasteiger partial charge in [0, 0.05) is 11.1 Å². The largest absolute Gasteiger partial charge is 0.506 e. The molecule has 0 aliphatic rings. The topological polar surface area (TPSA) is 136 Å².